The standard InChI is InChI=1S/C33H58N6O8S/c1-8-12-19-33(18-11-4,20-13-9-2)38(21-14-10-3)46-48(42,43)47-39-26-15-16-27(37(24-26)30(39)40)29-35-34-28(44-29)25-17-22-36(23-25)31(41)45-32(5,6)7/h25-27H,8-24H2,1-7H3/t25-,26?,27-/m0/s1. The van der Waals surface area contributed by atoms with Crippen LogP contribution >= 0.6 is 0 Å². The molecule has 3 aliphatic rings. The topological polar surface area (TPSA) is 148 Å². The minimum Gasteiger partial charge on any atom is -0.444 e. The van der Waals surface area contributed by atoms with Crippen LogP contribution in [-0.2, 0) is 23.7 Å². The molecule has 0 aliphatic carbocycles. The van der Waals surface area contributed by atoms with E-state index in [4.69, 9.17) is 17.7 Å². The molecular formula is C33H58N6O8S. The zero-order valence-electron chi connectivity index (χ0n) is 30.1. The average molecular weight is 699 g/mol. The molecule has 1 aromatic rings. The van der Waals surface area contributed by atoms with Crippen molar-refractivity contribution in [1.29, 1.82) is 0 Å². The molecule has 14 nitrogen and oxygen atoms in total. The van der Waals surface area contributed by atoms with Crippen molar-refractivity contribution < 1.29 is 35.7 Å². The molecule has 15 heteroatoms. The highest BCUT2D eigenvalue weighted by Gasteiger charge is 2.50. The van der Waals surface area contributed by atoms with Crippen molar-refractivity contribution in [2.24, 2.45) is 0 Å². The first-order chi connectivity index (χ1) is 22.8. The molecule has 0 N–H and O–H groups in total. The Morgan fingerprint density at radius 2 is 1.58 bits per heavy atom. The third-order valence-electron chi connectivity index (χ3n) is 9.56. The highest BCUT2D eigenvalue weighted by Crippen LogP contribution is 2.40. The Morgan fingerprint density at radius 3 is 2.21 bits per heavy atom. The molecule has 2 bridgehead atoms. The monoisotopic (exact) mass is 698 g/mol. The van der Waals surface area contributed by atoms with Crippen molar-refractivity contribution in [2.75, 3.05) is 26.2 Å². The van der Waals surface area contributed by atoms with Gasteiger partial charge in [-0.3, -0.25) is 0 Å². The molecule has 3 fully saturated rings. The van der Waals surface area contributed by atoms with E-state index in [2.05, 4.69) is 37.9 Å². The fraction of sp³-hybridized carbons (Fsp3) is 0.879. The summed E-state index contributed by atoms with van der Waals surface area (Å²) in [6.45, 7) is 15.6. The summed E-state index contributed by atoms with van der Waals surface area (Å²) in [4.78, 5) is 29.3. The predicted molar refractivity (Wildman–Crippen MR) is 179 cm³/mol. The fourth-order valence-electron chi connectivity index (χ4n) is 7.09. The second-order valence-electron chi connectivity index (χ2n) is 14.6. The minimum atomic E-state index is -4.62. The second-order valence-corrected chi connectivity index (χ2v) is 15.7. The van der Waals surface area contributed by atoms with Crippen LogP contribution in [0.25, 0.3) is 0 Å². The Labute approximate surface area is 287 Å². The summed E-state index contributed by atoms with van der Waals surface area (Å²) in [5, 5.41) is 11.1. The maximum absolute atomic E-state index is 13.6. The van der Waals surface area contributed by atoms with E-state index < -0.39 is 39.7 Å². The van der Waals surface area contributed by atoms with Gasteiger partial charge in [0.05, 0.1) is 12.0 Å². The zero-order chi connectivity index (χ0) is 35.1. The van der Waals surface area contributed by atoms with Gasteiger partial charge in [-0.2, -0.15) is 22.8 Å². The predicted octanol–water partition coefficient (Wildman–Crippen LogP) is 6.86. The van der Waals surface area contributed by atoms with Crippen LogP contribution in [-0.4, -0.2) is 94.0 Å². The molecule has 1 aromatic heterocycles. The SMILES string of the molecule is CCCCN(OS(=O)(=O)ON1C(=O)N2CC1CC[C@H]2c1nnc([C@H]2CCN(C(=O)OC(C)(C)C)C2)o1)C(CCC)(CCCC)CCCC. The normalized spacial score (nSPS) is 22.0. The average Bonchev–Trinajstić information content (AvgIpc) is 3.77. The first-order valence-corrected chi connectivity index (χ1v) is 19.4. The number of aromatic nitrogens is 2. The van der Waals surface area contributed by atoms with Gasteiger partial charge in [-0.15, -0.1) is 14.5 Å². The van der Waals surface area contributed by atoms with Gasteiger partial charge in [-0.1, -0.05) is 66.2 Å². The van der Waals surface area contributed by atoms with Crippen LogP contribution < -0.4 is 0 Å². The number of fused-ring (bicyclic) bond motifs is 2. The van der Waals surface area contributed by atoms with Gasteiger partial charge in [-0.25, -0.2) is 9.59 Å². The molecule has 0 radical (unpaired) electrons. The van der Waals surface area contributed by atoms with Crippen molar-refractivity contribution >= 4 is 22.5 Å². The van der Waals surface area contributed by atoms with Crippen molar-refractivity contribution in [3.05, 3.63) is 11.8 Å². The van der Waals surface area contributed by atoms with Crippen molar-refractivity contribution in [3.63, 3.8) is 0 Å². The van der Waals surface area contributed by atoms with Crippen LogP contribution in [0.15, 0.2) is 4.42 Å². The zero-order valence-corrected chi connectivity index (χ0v) is 30.9. The number of amides is 3. The second kappa shape index (κ2) is 16.5. The minimum absolute atomic E-state index is 0.142. The molecule has 3 saturated heterocycles. The number of nitrogens with zero attached hydrogens (tertiary/aromatic N) is 6. The molecule has 4 rings (SSSR count). The molecule has 0 aromatic carbocycles. The van der Waals surface area contributed by atoms with E-state index in [0.717, 1.165) is 69.3 Å². The molecular weight excluding hydrogens is 640 g/mol. The third kappa shape index (κ3) is 9.39. The van der Waals surface area contributed by atoms with Crippen molar-refractivity contribution in [2.45, 2.75) is 161 Å². The van der Waals surface area contributed by atoms with Gasteiger partial charge in [0.25, 0.3) is 0 Å². The quantitative estimate of drug-likeness (QED) is 0.148. The number of rotatable bonds is 18. The summed E-state index contributed by atoms with van der Waals surface area (Å²) in [6.07, 6.45) is 10.2. The van der Waals surface area contributed by atoms with E-state index in [1.165, 1.54) is 4.90 Å². The number of piperidine rings is 1. The van der Waals surface area contributed by atoms with Gasteiger partial charge < -0.3 is 19.0 Å². The number of urea groups is 1. The van der Waals surface area contributed by atoms with Gasteiger partial charge in [0.2, 0.25) is 11.8 Å². The van der Waals surface area contributed by atoms with E-state index in [9.17, 15) is 18.0 Å². The van der Waals surface area contributed by atoms with Crippen molar-refractivity contribution in [3.8, 4) is 0 Å². The maximum atomic E-state index is 13.6. The molecule has 1 unspecified atom stereocenters. The van der Waals surface area contributed by atoms with Gasteiger partial charge in [0.1, 0.15) is 11.6 Å². The number of carbonyl (C=O) groups excluding carboxylic acids is 2. The number of hydroxylamine groups is 4. The van der Waals surface area contributed by atoms with Crippen LogP contribution in [0.1, 0.15) is 156 Å². The number of likely N-dealkylation sites (tertiary alicyclic amines) is 1. The van der Waals surface area contributed by atoms with Crippen LogP contribution in [0.3, 0.4) is 0 Å². The molecule has 3 atom stereocenters. The van der Waals surface area contributed by atoms with Crippen molar-refractivity contribution in [1.82, 2.24) is 30.1 Å². The first-order valence-electron chi connectivity index (χ1n) is 18.1. The number of hydrogen-bond donors (Lipinski definition) is 0. The first kappa shape index (κ1) is 38.3. The Morgan fingerprint density at radius 1 is 0.917 bits per heavy atom. The smallest absolute Gasteiger partial charge is 0.437 e. The number of carbonyl (C=O) groups is 2. The lowest BCUT2D eigenvalue weighted by Crippen LogP contribution is -2.51. The molecule has 4 heterocycles. The Kier molecular flexibility index (Phi) is 13.2. The van der Waals surface area contributed by atoms with E-state index in [1.54, 1.807) is 9.96 Å². The number of unbranched alkanes of at least 4 members (excludes halogenated alkanes) is 3. The summed E-state index contributed by atoms with van der Waals surface area (Å²) in [5.41, 5.74) is -1.03. The molecule has 3 amide bonds. The highest BCUT2D eigenvalue weighted by molar-refractivity contribution is 7.81. The summed E-state index contributed by atoms with van der Waals surface area (Å²) >= 11 is 0. The van der Waals surface area contributed by atoms with Gasteiger partial charge in [0, 0.05) is 31.7 Å². The summed E-state index contributed by atoms with van der Waals surface area (Å²) < 4.78 is 50.0. The number of ether oxygens (including phenoxy) is 1. The molecule has 48 heavy (non-hydrogen) atoms. The Bertz CT molecular complexity index is 1310. The molecule has 0 saturated carbocycles. The highest BCUT2D eigenvalue weighted by atomic mass is 32.3. The Balaban J connectivity index is 1.44. The fourth-order valence-corrected chi connectivity index (χ4v) is 7.95. The lowest BCUT2D eigenvalue weighted by Gasteiger charge is -2.43. The van der Waals surface area contributed by atoms with Gasteiger partial charge >= 0.3 is 22.5 Å². The lowest BCUT2D eigenvalue weighted by molar-refractivity contribution is -0.172. The van der Waals surface area contributed by atoms with E-state index in [-0.39, 0.29) is 24.4 Å². The van der Waals surface area contributed by atoms with Crippen LogP contribution in [0, 0.1) is 0 Å². The van der Waals surface area contributed by atoms with Crippen LogP contribution in [0.2, 0.25) is 0 Å². The largest absolute Gasteiger partial charge is 0.444 e. The number of hydrogen-bond acceptors (Lipinski definition) is 11. The third-order valence-corrected chi connectivity index (χ3v) is 10.3. The maximum Gasteiger partial charge on any atom is 0.437 e. The molecule has 3 aliphatic heterocycles. The lowest BCUT2D eigenvalue weighted by atomic mass is 9.82. The summed E-state index contributed by atoms with van der Waals surface area (Å²) in [5.74, 6) is 0.551. The van der Waals surface area contributed by atoms with Crippen LogP contribution in [0.5, 0.6) is 0 Å². The van der Waals surface area contributed by atoms with E-state index in [0.29, 0.717) is 44.8 Å². The molecule has 0 spiro atoms. The van der Waals surface area contributed by atoms with E-state index in [1.807, 2.05) is 20.8 Å². The Hall–Kier alpha value is -2.49. The summed E-state index contributed by atoms with van der Waals surface area (Å²) in [7, 11) is -4.62. The molecule has 274 valence electrons. The van der Waals surface area contributed by atoms with Gasteiger partial charge in [-0.05, 0) is 65.7 Å². The van der Waals surface area contributed by atoms with Gasteiger partial charge in [0.15, 0.2) is 0 Å². The van der Waals surface area contributed by atoms with Crippen LogP contribution in [0.4, 0.5) is 9.59 Å². The van der Waals surface area contributed by atoms with E-state index >= 15 is 0 Å². The summed E-state index contributed by atoms with van der Waals surface area (Å²) in [6, 6.07) is -1.56.